The van der Waals surface area contributed by atoms with Crippen molar-refractivity contribution < 1.29 is 35.8 Å². The van der Waals surface area contributed by atoms with Gasteiger partial charge in [-0.3, -0.25) is 0 Å². The largest absolute Gasteiger partial charge is 0.381 e. The molecule has 12 heteroatoms. The van der Waals surface area contributed by atoms with Gasteiger partial charge in [0.05, 0.1) is 0 Å². The van der Waals surface area contributed by atoms with E-state index in [1.54, 1.807) is 0 Å². The Hall–Kier alpha value is -0.0000000000000000555. The van der Waals surface area contributed by atoms with Crippen molar-refractivity contribution in [3.05, 3.63) is 0 Å². The second-order valence-electron chi connectivity index (χ2n) is 5.44. The van der Waals surface area contributed by atoms with Crippen LogP contribution >= 0.6 is 23.2 Å². The SMILES string of the molecule is CCC(OC)C(F)N1C(F)(F)N(C(F)C(CC)OC)C(F)(Cl)C1(F)Cl. The van der Waals surface area contributed by atoms with Gasteiger partial charge >= 0.3 is 16.7 Å². The maximum Gasteiger partial charge on any atom is 0.381 e. The number of hydrogen-bond donors (Lipinski definition) is 0. The molecule has 1 aliphatic heterocycles. The average Bonchev–Trinajstić information content (AvgIpc) is 2.59. The number of ether oxygens (including phenoxy) is 2. The Balaban J connectivity index is 3.43. The Bertz CT molecular complexity index is 414. The summed E-state index contributed by atoms with van der Waals surface area (Å²) in [6.07, 6.45) is -14.2. The van der Waals surface area contributed by atoms with E-state index >= 15 is 0 Å². The van der Waals surface area contributed by atoms with Crippen molar-refractivity contribution in [1.82, 2.24) is 9.80 Å². The van der Waals surface area contributed by atoms with Crippen LogP contribution in [-0.4, -0.2) is 65.5 Å². The second-order valence-corrected chi connectivity index (χ2v) is 6.44. The van der Waals surface area contributed by atoms with E-state index in [0.29, 0.717) is 0 Å². The first-order chi connectivity index (χ1) is 11.4. The minimum Gasteiger partial charge on any atom is -0.377 e. The lowest BCUT2D eigenvalue weighted by Crippen LogP contribution is -2.58. The molecule has 25 heavy (non-hydrogen) atoms. The van der Waals surface area contributed by atoms with E-state index < -0.39 is 51.3 Å². The van der Waals surface area contributed by atoms with Crippen LogP contribution in [-0.2, 0) is 9.47 Å². The molecule has 1 fully saturated rings. The Morgan fingerprint density at radius 1 is 0.800 bits per heavy atom. The summed E-state index contributed by atoms with van der Waals surface area (Å²) < 4.78 is 96.9. The lowest BCUT2D eigenvalue weighted by molar-refractivity contribution is -0.298. The molecule has 1 heterocycles. The molecule has 0 aromatic rings. The lowest BCUT2D eigenvalue weighted by atomic mass is 10.2. The minimum atomic E-state index is -4.86. The van der Waals surface area contributed by atoms with Gasteiger partial charge in [0.25, 0.3) is 0 Å². The molecule has 1 rings (SSSR count). The van der Waals surface area contributed by atoms with Crippen LogP contribution < -0.4 is 0 Å². The Morgan fingerprint density at radius 3 is 1.28 bits per heavy atom. The van der Waals surface area contributed by atoms with Crippen molar-refractivity contribution in [2.75, 3.05) is 14.2 Å². The summed E-state index contributed by atoms with van der Waals surface area (Å²) in [7, 11) is 1.97. The predicted molar refractivity (Wildman–Crippen MR) is 80.0 cm³/mol. The highest BCUT2D eigenvalue weighted by Gasteiger charge is 2.81. The van der Waals surface area contributed by atoms with Gasteiger partial charge in [-0.1, -0.05) is 37.0 Å². The van der Waals surface area contributed by atoms with Gasteiger partial charge in [-0.2, -0.15) is 8.78 Å². The fourth-order valence-corrected chi connectivity index (χ4v) is 3.20. The molecule has 0 spiro atoms. The van der Waals surface area contributed by atoms with E-state index in [2.05, 4.69) is 9.47 Å². The van der Waals surface area contributed by atoms with Gasteiger partial charge in [-0.05, 0) is 12.8 Å². The van der Waals surface area contributed by atoms with Gasteiger partial charge < -0.3 is 9.47 Å². The maximum atomic E-state index is 14.7. The highest BCUT2D eigenvalue weighted by atomic mass is 35.5. The summed E-state index contributed by atoms with van der Waals surface area (Å²) in [6, 6.07) is 0. The van der Waals surface area contributed by atoms with Crippen molar-refractivity contribution in [1.29, 1.82) is 0 Å². The molecule has 150 valence electrons. The fraction of sp³-hybridized carbons (Fsp3) is 1.00. The van der Waals surface area contributed by atoms with Gasteiger partial charge in [0, 0.05) is 14.2 Å². The van der Waals surface area contributed by atoms with Crippen LogP contribution in [0, 0.1) is 0 Å². The summed E-state index contributed by atoms with van der Waals surface area (Å²) in [5, 5.41) is -8.58. The van der Waals surface area contributed by atoms with Crippen molar-refractivity contribution >= 4 is 23.2 Å². The zero-order valence-corrected chi connectivity index (χ0v) is 15.5. The summed E-state index contributed by atoms with van der Waals surface area (Å²) in [5.41, 5.74) is 0. The van der Waals surface area contributed by atoms with Crippen molar-refractivity contribution in [2.24, 2.45) is 0 Å². The molecule has 0 bridgehead atoms. The molecule has 0 saturated carbocycles. The molecule has 0 aromatic carbocycles. The maximum absolute atomic E-state index is 14.7. The van der Waals surface area contributed by atoms with Crippen molar-refractivity contribution in [3.8, 4) is 0 Å². The lowest BCUT2D eigenvalue weighted by Gasteiger charge is -2.36. The third kappa shape index (κ3) is 3.58. The number of nitrogens with zero attached hydrogens (tertiary/aromatic N) is 2. The molecule has 6 unspecified atom stereocenters. The highest BCUT2D eigenvalue weighted by Crippen LogP contribution is 2.59. The van der Waals surface area contributed by atoms with Crippen LogP contribution in [0.3, 0.4) is 0 Å². The van der Waals surface area contributed by atoms with Gasteiger partial charge in [0.15, 0.2) is 12.6 Å². The van der Waals surface area contributed by atoms with Gasteiger partial charge in [0.2, 0.25) is 0 Å². The molecule has 0 N–H and O–H groups in total. The third-order valence-electron chi connectivity index (χ3n) is 4.06. The molecular weight excluding hydrogens is 401 g/mol. The van der Waals surface area contributed by atoms with E-state index in [1.165, 1.54) is 13.8 Å². The van der Waals surface area contributed by atoms with E-state index in [1.807, 2.05) is 0 Å². The van der Waals surface area contributed by atoms with Crippen LogP contribution in [0.15, 0.2) is 0 Å². The summed E-state index contributed by atoms with van der Waals surface area (Å²) in [4.78, 5) is -1.94. The molecule has 4 nitrogen and oxygen atoms in total. The van der Waals surface area contributed by atoms with Crippen LogP contribution in [0.4, 0.5) is 26.3 Å². The predicted octanol–water partition coefficient (Wildman–Crippen LogP) is 4.32. The number of methoxy groups -OCH3 is 2. The monoisotopic (exact) mass is 420 g/mol. The zero-order chi connectivity index (χ0) is 19.8. The zero-order valence-electron chi connectivity index (χ0n) is 14.0. The smallest absolute Gasteiger partial charge is 0.377 e. The van der Waals surface area contributed by atoms with Crippen LogP contribution in [0.2, 0.25) is 0 Å². The molecule has 0 aromatic heterocycles. The first kappa shape index (κ1) is 23.0. The molecule has 1 saturated heterocycles. The number of hydrogen-bond acceptors (Lipinski definition) is 4. The standard InChI is InChI=1S/C13H20Cl2F6N2O2/c1-5-7(24-3)9(16)22-11(14,18)12(15,19)23(13(22,20)21)10(17)8(6-2)25-4/h7-10H,5-6H2,1-4H3. The first-order valence-corrected chi connectivity index (χ1v) is 8.17. The minimum absolute atomic E-state index is 0.173. The normalized spacial score (nSPS) is 35.5. The van der Waals surface area contributed by atoms with Crippen molar-refractivity contribution in [2.45, 2.75) is 68.2 Å². The van der Waals surface area contributed by atoms with E-state index in [-0.39, 0.29) is 12.8 Å². The number of rotatable bonds is 8. The summed E-state index contributed by atoms with van der Waals surface area (Å²) in [6.45, 7) is 2.72. The van der Waals surface area contributed by atoms with Crippen LogP contribution in [0.1, 0.15) is 26.7 Å². The van der Waals surface area contributed by atoms with E-state index in [4.69, 9.17) is 23.2 Å². The van der Waals surface area contributed by atoms with Crippen molar-refractivity contribution in [3.63, 3.8) is 0 Å². The number of halogens is 8. The Kier molecular flexibility index (Phi) is 7.31. The van der Waals surface area contributed by atoms with Gasteiger partial charge in [-0.25, -0.2) is 17.6 Å². The summed E-state index contributed by atoms with van der Waals surface area (Å²) in [5.74, 6) is 0. The molecule has 6 atom stereocenters. The number of alkyl halides is 8. The molecule has 0 radical (unpaired) electrons. The molecule has 0 aliphatic carbocycles. The van der Waals surface area contributed by atoms with Gasteiger partial charge in [0.1, 0.15) is 12.2 Å². The van der Waals surface area contributed by atoms with Crippen LogP contribution in [0.5, 0.6) is 0 Å². The van der Waals surface area contributed by atoms with Gasteiger partial charge in [-0.15, -0.1) is 9.80 Å². The Morgan fingerprint density at radius 2 is 1.08 bits per heavy atom. The van der Waals surface area contributed by atoms with Crippen LogP contribution in [0.25, 0.3) is 0 Å². The highest BCUT2D eigenvalue weighted by molar-refractivity contribution is 6.33. The Labute approximate surface area is 151 Å². The topological polar surface area (TPSA) is 24.9 Å². The summed E-state index contributed by atoms with van der Waals surface area (Å²) >= 11 is 10.4. The average molecular weight is 421 g/mol. The quantitative estimate of drug-likeness (QED) is 0.331. The second kappa shape index (κ2) is 7.93. The third-order valence-corrected chi connectivity index (χ3v) is 5.03. The van der Waals surface area contributed by atoms with E-state index in [0.717, 1.165) is 14.2 Å². The molecule has 0 amide bonds. The van der Waals surface area contributed by atoms with E-state index in [9.17, 15) is 26.3 Å². The molecule has 1 aliphatic rings. The first-order valence-electron chi connectivity index (χ1n) is 7.42. The molecular formula is C13H20Cl2F6N2O2. The fourth-order valence-electron chi connectivity index (χ4n) is 2.63.